The molecular weight excluding hydrogens is 430 g/mol. The van der Waals surface area contributed by atoms with Gasteiger partial charge in [0.1, 0.15) is 5.75 Å². The van der Waals surface area contributed by atoms with E-state index in [1.54, 1.807) is 0 Å². The first-order chi connectivity index (χ1) is 14.7. The van der Waals surface area contributed by atoms with Crippen LogP contribution >= 0.6 is 8.69 Å². The zero-order chi connectivity index (χ0) is 22.9. The maximum Gasteiger partial charge on any atom is 0.419 e. The lowest BCUT2D eigenvalue weighted by atomic mass is 10.0. The van der Waals surface area contributed by atoms with E-state index in [9.17, 15) is 22.8 Å². The third kappa shape index (κ3) is 8.07. The highest BCUT2D eigenvalue weighted by Crippen LogP contribution is 2.37. The molecule has 0 heterocycles. The van der Waals surface area contributed by atoms with Crippen LogP contribution < -0.4 is 10.5 Å². The van der Waals surface area contributed by atoms with Gasteiger partial charge in [0.05, 0.1) is 30.9 Å². The molecule has 0 fully saturated rings. The summed E-state index contributed by atoms with van der Waals surface area (Å²) in [5.74, 6) is -0.247. The van der Waals surface area contributed by atoms with Gasteiger partial charge in [-0.1, -0.05) is 48.0 Å². The molecule has 0 aliphatic heterocycles. The molecule has 5 nitrogen and oxygen atoms in total. The molecule has 1 unspecified atom stereocenters. The molecule has 0 aliphatic rings. The lowest BCUT2D eigenvalue weighted by molar-refractivity contribution is -0.139. The van der Waals surface area contributed by atoms with Gasteiger partial charge in [0, 0.05) is 0 Å². The number of nitrogens with two attached hydrogens (primary N) is 1. The molecule has 0 saturated heterocycles. The first-order valence-corrected chi connectivity index (χ1v) is 10.3. The average Bonchev–Trinajstić information content (AvgIpc) is 2.73. The minimum atomic E-state index is -4.60. The highest BCUT2D eigenvalue weighted by Gasteiger charge is 2.34. The fourth-order valence-electron chi connectivity index (χ4n) is 2.88. The molecule has 3 N–H and O–H groups in total. The van der Waals surface area contributed by atoms with E-state index in [0.717, 1.165) is 17.2 Å². The number of ether oxygens (including phenoxy) is 1. The van der Waals surface area contributed by atoms with Crippen molar-refractivity contribution < 1.29 is 32.1 Å². The fraction of sp³-hybridized carbons (Fsp3) is 0.364. The van der Waals surface area contributed by atoms with Crippen molar-refractivity contribution in [3.05, 3.63) is 70.8 Å². The van der Waals surface area contributed by atoms with E-state index in [1.165, 1.54) is 24.3 Å². The zero-order valence-corrected chi connectivity index (χ0v) is 18.0. The maximum absolute atomic E-state index is 13.5. The summed E-state index contributed by atoms with van der Waals surface area (Å²) < 4.78 is 61.1. The Kier molecular flexibility index (Phi) is 9.19. The summed E-state index contributed by atoms with van der Waals surface area (Å²) in [6.07, 6.45) is -0.659. The number of aliphatic hydroxyl groups is 1. The average molecular weight is 455 g/mol. The molecule has 0 saturated carbocycles. The number of aliphatic hydroxyl groups excluding tert-OH is 1. The van der Waals surface area contributed by atoms with Crippen molar-refractivity contribution in [2.45, 2.75) is 31.5 Å². The second kappa shape index (κ2) is 11.4. The normalized spacial score (nSPS) is 14.1. The Labute approximate surface area is 181 Å². The van der Waals surface area contributed by atoms with E-state index >= 15 is 0 Å². The zero-order valence-electron chi connectivity index (χ0n) is 17.1. The highest BCUT2D eigenvalue weighted by atomic mass is 31.1. The monoisotopic (exact) mass is 455 g/mol. The van der Waals surface area contributed by atoms with Crippen LogP contribution in [0.5, 0.6) is 5.75 Å². The topological polar surface area (TPSA) is 81.8 Å². The van der Waals surface area contributed by atoms with Gasteiger partial charge in [-0.15, -0.1) is 0 Å². The molecule has 2 aromatic rings. The second-order valence-corrected chi connectivity index (χ2v) is 7.67. The maximum atomic E-state index is 13.5. The van der Waals surface area contributed by atoms with Gasteiger partial charge in [0.2, 0.25) is 0 Å². The van der Waals surface area contributed by atoms with E-state index in [0.29, 0.717) is 12.8 Å². The standard InChI is InChI=1S/C22H25F3NO4P/c1-16-4-2-5-17(12-16)6-3-11-29-20-8-7-18(13-19(20)22(23,24)25)9-10-21(26,14-27)15-30-31-28/h2,4-5,7-10,12-13,27H,3,6,11,14-15,26H2,1H3/b10-9+. The molecule has 0 amide bonds. The predicted octanol–water partition coefficient (Wildman–Crippen LogP) is 4.95. The van der Waals surface area contributed by atoms with Crippen LogP contribution in [0.2, 0.25) is 0 Å². The Morgan fingerprint density at radius 3 is 2.61 bits per heavy atom. The van der Waals surface area contributed by atoms with Gasteiger partial charge in [0.25, 0.3) is 0 Å². The van der Waals surface area contributed by atoms with Crippen LogP contribution in [0, 0.1) is 6.92 Å². The molecule has 168 valence electrons. The SMILES string of the molecule is Cc1cccc(CCCOc2ccc(/C=C/C(N)(CO)COP=O)cc2C(F)(F)F)c1. The van der Waals surface area contributed by atoms with Gasteiger partial charge in [0.15, 0.2) is 0 Å². The molecule has 0 radical (unpaired) electrons. The van der Waals surface area contributed by atoms with Crippen LogP contribution in [0.4, 0.5) is 13.2 Å². The van der Waals surface area contributed by atoms with Gasteiger partial charge in [-0.3, -0.25) is 4.52 Å². The smallest absolute Gasteiger partial charge is 0.419 e. The number of hydrogen-bond acceptors (Lipinski definition) is 5. The number of alkyl halides is 3. The minimum absolute atomic E-state index is 0.147. The number of benzene rings is 2. The first-order valence-electron chi connectivity index (χ1n) is 9.60. The van der Waals surface area contributed by atoms with Gasteiger partial charge < -0.3 is 15.6 Å². The van der Waals surface area contributed by atoms with Gasteiger partial charge in [-0.25, -0.2) is 4.57 Å². The summed E-state index contributed by atoms with van der Waals surface area (Å²) in [7, 11) is -0.608. The summed E-state index contributed by atoms with van der Waals surface area (Å²) in [4.78, 5) is 0. The molecular formula is C22H25F3NO4P. The number of rotatable bonds is 11. The highest BCUT2D eigenvalue weighted by molar-refractivity contribution is 7.17. The van der Waals surface area contributed by atoms with Crippen LogP contribution in [-0.4, -0.2) is 30.5 Å². The molecule has 31 heavy (non-hydrogen) atoms. The molecule has 1 atom stereocenters. The van der Waals surface area contributed by atoms with E-state index in [-0.39, 0.29) is 24.5 Å². The Bertz CT molecular complexity index is 905. The van der Waals surface area contributed by atoms with Crippen molar-refractivity contribution in [1.29, 1.82) is 0 Å². The van der Waals surface area contributed by atoms with Crippen LogP contribution in [0.25, 0.3) is 6.08 Å². The van der Waals surface area contributed by atoms with Gasteiger partial charge >= 0.3 is 14.9 Å². The van der Waals surface area contributed by atoms with Crippen LogP contribution in [-0.2, 0) is 21.7 Å². The molecule has 0 bridgehead atoms. The Morgan fingerprint density at radius 1 is 1.19 bits per heavy atom. The second-order valence-electron chi connectivity index (χ2n) is 7.27. The van der Waals surface area contributed by atoms with Crippen molar-refractivity contribution in [3.8, 4) is 5.75 Å². The number of halogens is 3. The Balaban J connectivity index is 2.08. The van der Waals surface area contributed by atoms with E-state index in [1.807, 2.05) is 31.2 Å². The Hall–Kier alpha value is -2.25. The summed E-state index contributed by atoms with van der Waals surface area (Å²) in [5, 5.41) is 9.37. The van der Waals surface area contributed by atoms with Crippen molar-refractivity contribution in [2.75, 3.05) is 19.8 Å². The van der Waals surface area contributed by atoms with Gasteiger partial charge in [-0.05, 0) is 43.0 Å². The predicted molar refractivity (Wildman–Crippen MR) is 113 cm³/mol. The molecule has 2 aromatic carbocycles. The van der Waals surface area contributed by atoms with Crippen LogP contribution in [0.1, 0.15) is 28.7 Å². The van der Waals surface area contributed by atoms with Crippen molar-refractivity contribution in [1.82, 2.24) is 0 Å². The van der Waals surface area contributed by atoms with Crippen LogP contribution in [0.3, 0.4) is 0 Å². The third-order valence-corrected chi connectivity index (χ3v) is 4.78. The summed E-state index contributed by atoms with van der Waals surface area (Å²) >= 11 is 0. The summed E-state index contributed by atoms with van der Waals surface area (Å²) in [5.41, 5.74) is 6.06. The first kappa shape index (κ1) is 25.0. The molecule has 0 aliphatic carbocycles. The lowest BCUT2D eigenvalue weighted by Gasteiger charge is -2.21. The van der Waals surface area contributed by atoms with E-state index in [4.69, 9.17) is 10.5 Å². The quantitative estimate of drug-likeness (QED) is 0.370. The Morgan fingerprint density at radius 2 is 1.97 bits per heavy atom. The van der Waals surface area contributed by atoms with Crippen molar-refractivity contribution in [2.24, 2.45) is 5.73 Å². The van der Waals surface area contributed by atoms with Crippen molar-refractivity contribution in [3.63, 3.8) is 0 Å². The molecule has 9 heteroatoms. The summed E-state index contributed by atoms with van der Waals surface area (Å²) in [6.45, 7) is 1.33. The number of aryl methyl sites for hydroxylation is 2. The van der Waals surface area contributed by atoms with Crippen LogP contribution in [0.15, 0.2) is 48.5 Å². The molecule has 0 spiro atoms. The summed E-state index contributed by atoms with van der Waals surface area (Å²) in [6, 6.07) is 11.6. The number of hydrogen-bond donors (Lipinski definition) is 2. The largest absolute Gasteiger partial charge is 0.493 e. The molecule has 2 rings (SSSR count). The van der Waals surface area contributed by atoms with E-state index in [2.05, 4.69) is 4.52 Å². The fourth-order valence-corrected chi connectivity index (χ4v) is 3.17. The van der Waals surface area contributed by atoms with E-state index < -0.39 is 32.6 Å². The molecule has 0 aromatic heterocycles. The third-order valence-electron chi connectivity index (χ3n) is 4.55. The minimum Gasteiger partial charge on any atom is -0.493 e. The van der Waals surface area contributed by atoms with Gasteiger partial charge in [-0.2, -0.15) is 13.2 Å². The lowest BCUT2D eigenvalue weighted by Crippen LogP contribution is -2.45. The van der Waals surface area contributed by atoms with Crippen molar-refractivity contribution >= 4 is 14.8 Å².